The third-order valence-corrected chi connectivity index (χ3v) is 4.99. The lowest BCUT2D eigenvalue weighted by molar-refractivity contribution is 0.102. The zero-order chi connectivity index (χ0) is 15.6. The summed E-state index contributed by atoms with van der Waals surface area (Å²) in [6.07, 6.45) is 0. The third-order valence-electron chi connectivity index (χ3n) is 2.66. The predicted molar refractivity (Wildman–Crippen MR) is 83.5 cm³/mol. The SMILES string of the molecule is O=C(CS(=O)c1ccc(F)c(Cl)c1)c1ccc(Cl)c(Cl)c1. The van der Waals surface area contributed by atoms with Gasteiger partial charge in [-0.05, 0) is 36.4 Å². The van der Waals surface area contributed by atoms with Gasteiger partial charge < -0.3 is 0 Å². The van der Waals surface area contributed by atoms with Gasteiger partial charge in [0.2, 0.25) is 0 Å². The van der Waals surface area contributed by atoms with Gasteiger partial charge in [0, 0.05) is 10.5 Å². The number of hydrogen-bond donors (Lipinski definition) is 0. The van der Waals surface area contributed by atoms with E-state index < -0.39 is 16.6 Å². The van der Waals surface area contributed by atoms with Crippen LogP contribution in [0.2, 0.25) is 15.1 Å². The van der Waals surface area contributed by atoms with Crippen LogP contribution in [0.1, 0.15) is 10.4 Å². The van der Waals surface area contributed by atoms with Crippen molar-refractivity contribution in [2.45, 2.75) is 4.90 Å². The molecule has 2 nitrogen and oxygen atoms in total. The summed E-state index contributed by atoms with van der Waals surface area (Å²) in [5, 5.41) is 0.445. The molecule has 0 saturated heterocycles. The highest BCUT2D eigenvalue weighted by Gasteiger charge is 2.14. The van der Waals surface area contributed by atoms with E-state index in [1.807, 2.05) is 0 Å². The van der Waals surface area contributed by atoms with Crippen LogP contribution in [0.5, 0.6) is 0 Å². The number of rotatable bonds is 4. The fraction of sp³-hybridized carbons (Fsp3) is 0.0714. The van der Waals surface area contributed by atoms with Crippen LogP contribution in [0, 0.1) is 5.82 Å². The van der Waals surface area contributed by atoms with Crippen molar-refractivity contribution >= 4 is 51.4 Å². The summed E-state index contributed by atoms with van der Waals surface area (Å²) in [7, 11) is -1.62. The molecule has 0 N–H and O–H groups in total. The highest BCUT2D eigenvalue weighted by Crippen LogP contribution is 2.23. The summed E-state index contributed by atoms with van der Waals surface area (Å²) in [5.74, 6) is -1.21. The first kappa shape index (κ1) is 16.4. The first-order valence-electron chi connectivity index (χ1n) is 5.70. The summed E-state index contributed by atoms with van der Waals surface area (Å²) >= 11 is 17.2. The maximum Gasteiger partial charge on any atom is 0.175 e. The van der Waals surface area contributed by atoms with Gasteiger partial charge in [-0.2, -0.15) is 0 Å². The van der Waals surface area contributed by atoms with Gasteiger partial charge in [0.05, 0.1) is 31.6 Å². The average Bonchev–Trinajstić information content (AvgIpc) is 2.44. The molecule has 1 atom stereocenters. The van der Waals surface area contributed by atoms with Crippen molar-refractivity contribution in [2.75, 3.05) is 5.75 Å². The maximum absolute atomic E-state index is 13.0. The van der Waals surface area contributed by atoms with Crippen LogP contribution in [0.15, 0.2) is 41.3 Å². The predicted octanol–water partition coefficient (Wildman–Crippen LogP) is 4.78. The standard InChI is InChI=1S/C14H8Cl3FO2S/c15-10-3-1-8(5-11(10)16)14(19)7-21(20)9-2-4-13(18)12(17)6-9/h1-6H,7H2. The average molecular weight is 366 g/mol. The molecule has 0 aliphatic rings. The van der Waals surface area contributed by atoms with E-state index in [1.54, 1.807) is 0 Å². The Hall–Kier alpha value is -0.940. The first-order chi connectivity index (χ1) is 9.88. The molecule has 0 bridgehead atoms. The molecule has 0 fully saturated rings. The van der Waals surface area contributed by atoms with E-state index in [2.05, 4.69) is 0 Å². The fourth-order valence-corrected chi connectivity index (χ4v) is 3.16. The summed E-state index contributed by atoms with van der Waals surface area (Å²) in [4.78, 5) is 12.3. The van der Waals surface area contributed by atoms with Gasteiger partial charge in [-0.15, -0.1) is 0 Å². The lowest BCUT2D eigenvalue weighted by atomic mass is 10.1. The quantitative estimate of drug-likeness (QED) is 0.731. The minimum absolute atomic E-state index is 0.136. The topological polar surface area (TPSA) is 34.1 Å². The fourth-order valence-electron chi connectivity index (χ4n) is 1.57. The molecule has 2 rings (SSSR count). The zero-order valence-corrected chi connectivity index (χ0v) is 13.5. The molecule has 0 aliphatic carbocycles. The van der Waals surface area contributed by atoms with E-state index in [4.69, 9.17) is 34.8 Å². The normalized spacial score (nSPS) is 12.2. The van der Waals surface area contributed by atoms with Crippen molar-refractivity contribution in [3.63, 3.8) is 0 Å². The van der Waals surface area contributed by atoms with Crippen molar-refractivity contribution in [3.05, 3.63) is 62.8 Å². The second-order valence-corrected chi connectivity index (χ2v) is 6.79. The van der Waals surface area contributed by atoms with Crippen LogP contribution in [0.4, 0.5) is 4.39 Å². The molecule has 0 amide bonds. The molecule has 7 heteroatoms. The molecule has 2 aromatic carbocycles. The minimum atomic E-state index is -1.62. The monoisotopic (exact) mass is 364 g/mol. The van der Waals surface area contributed by atoms with Gasteiger partial charge in [-0.1, -0.05) is 34.8 Å². The summed E-state index contributed by atoms with van der Waals surface area (Å²) in [5.41, 5.74) is 0.311. The van der Waals surface area contributed by atoms with E-state index >= 15 is 0 Å². The Morgan fingerprint density at radius 3 is 2.33 bits per heavy atom. The zero-order valence-electron chi connectivity index (χ0n) is 10.4. The lowest BCUT2D eigenvalue weighted by Crippen LogP contribution is -2.11. The minimum Gasteiger partial charge on any atom is -0.293 e. The van der Waals surface area contributed by atoms with Crippen molar-refractivity contribution in [1.82, 2.24) is 0 Å². The molecule has 21 heavy (non-hydrogen) atoms. The summed E-state index contributed by atoms with van der Waals surface area (Å²) in [6.45, 7) is 0. The number of carbonyl (C=O) groups excluding carboxylic acids is 1. The van der Waals surface area contributed by atoms with Crippen molar-refractivity contribution in [1.29, 1.82) is 0 Å². The molecular weight excluding hydrogens is 358 g/mol. The van der Waals surface area contributed by atoms with Crippen LogP contribution < -0.4 is 0 Å². The van der Waals surface area contributed by atoms with Crippen LogP contribution in [-0.4, -0.2) is 15.7 Å². The lowest BCUT2D eigenvalue weighted by Gasteiger charge is -2.04. The highest BCUT2D eigenvalue weighted by atomic mass is 35.5. The summed E-state index contributed by atoms with van der Waals surface area (Å²) in [6, 6.07) is 8.11. The van der Waals surface area contributed by atoms with Gasteiger partial charge >= 0.3 is 0 Å². The molecule has 110 valence electrons. The number of carbonyl (C=O) groups is 1. The van der Waals surface area contributed by atoms with Gasteiger partial charge in [0.15, 0.2) is 5.78 Å². The third kappa shape index (κ3) is 4.04. The van der Waals surface area contributed by atoms with Gasteiger partial charge in [0.25, 0.3) is 0 Å². The molecule has 0 aromatic heterocycles. The first-order valence-corrected chi connectivity index (χ1v) is 8.15. The number of benzene rings is 2. The van der Waals surface area contributed by atoms with E-state index in [0.29, 0.717) is 10.6 Å². The van der Waals surface area contributed by atoms with E-state index in [1.165, 1.54) is 30.3 Å². The molecular formula is C14H8Cl3FO2S. The van der Waals surface area contributed by atoms with Crippen LogP contribution >= 0.6 is 34.8 Å². The van der Waals surface area contributed by atoms with E-state index in [0.717, 1.165) is 6.07 Å². The Kier molecular flexibility index (Phi) is 5.38. The molecule has 0 heterocycles. The second kappa shape index (κ2) is 6.88. The molecule has 0 spiro atoms. The second-order valence-electron chi connectivity index (χ2n) is 4.12. The Balaban J connectivity index is 2.16. The number of hydrogen-bond acceptors (Lipinski definition) is 2. The van der Waals surface area contributed by atoms with E-state index in [-0.39, 0.29) is 26.5 Å². The van der Waals surface area contributed by atoms with Crippen molar-refractivity contribution in [2.24, 2.45) is 0 Å². The van der Waals surface area contributed by atoms with Gasteiger partial charge in [0.1, 0.15) is 5.82 Å². The number of Topliss-reactive ketones (excluding diaryl/α,β-unsaturated/α-hetero) is 1. The Bertz CT molecular complexity index is 673. The van der Waals surface area contributed by atoms with E-state index in [9.17, 15) is 13.4 Å². The highest BCUT2D eigenvalue weighted by molar-refractivity contribution is 7.85. The molecule has 1 unspecified atom stereocenters. The van der Waals surface area contributed by atoms with Crippen molar-refractivity contribution in [3.8, 4) is 0 Å². The van der Waals surface area contributed by atoms with Gasteiger partial charge in [-0.25, -0.2) is 4.39 Å². The molecule has 2 aromatic rings. The molecule has 0 saturated carbocycles. The largest absolute Gasteiger partial charge is 0.293 e. The smallest absolute Gasteiger partial charge is 0.175 e. The maximum atomic E-state index is 13.0. The van der Waals surface area contributed by atoms with Crippen LogP contribution in [-0.2, 0) is 10.8 Å². The Labute approximate surface area is 138 Å². The summed E-state index contributed by atoms with van der Waals surface area (Å²) < 4.78 is 25.1. The molecule has 0 radical (unpaired) electrons. The van der Waals surface area contributed by atoms with Crippen LogP contribution in [0.3, 0.4) is 0 Å². The number of ketones is 1. The van der Waals surface area contributed by atoms with Crippen LogP contribution in [0.25, 0.3) is 0 Å². The van der Waals surface area contributed by atoms with Gasteiger partial charge in [-0.3, -0.25) is 9.00 Å². The number of halogens is 4. The Morgan fingerprint density at radius 1 is 1.00 bits per heavy atom. The molecule has 0 aliphatic heterocycles. The Morgan fingerprint density at radius 2 is 1.71 bits per heavy atom. The van der Waals surface area contributed by atoms with Crippen molar-refractivity contribution < 1.29 is 13.4 Å².